The Hall–Kier alpha value is -3.46. The van der Waals surface area contributed by atoms with Crippen molar-refractivity contribution in [3.8, 4) is 17.2 Å². The second kappa shape index (κ2) is 4.88. The highest BCUT2D eigenvalue weighted by Crippen LogP contribution is 2.37. The Morgan fingerprint density at radius 3 is 2.50 bits per heavy atom. The van der Waals surface area contributed by atoms with Crippen molar-refractivity contribution < 1.29 is 4.74 Å². The van der Waals surface area contributed by atoms with Gasteiger partial charge in [-0.3, -0.25) is 0 Å². The topological polar surface area (TPSA) is 14.2 Å². The monoisotopic (exact) mass is 357 g/mol. The fourth-order valence-corrected chi connectivity index (χ4v) is 5.29. The lowest BCUT2D eigenvalue weighted by molar-refractivity contribution is 0.487. The summed E-state index contributed by atoms with van der Waals surface area (Å²) in [6.45, 7) is 2.44. The van der Waals surface area contributed by atoms with Crippen molar-refractivity contribution in [3.63, 3.8) is 0 Å². The summed E-state index contributed by atoms with van der Waals surface area (Å²) < 4.78 is 8.79. The third-order valence-corrected chi connectivity index (χ3v) is 6.41. The minimum Gasteiger partial charge on any atom is -0.458 e. The number of hydrogen-bond acceptors (Lipinski definition) is 1. The molecule has 0 N–H and O–H groups in total. The summed E-state index contributed by atoms with van der Waals surface area (Å²) in [5.74, 6) is 1.94. The lowest BCUT2D eigenvalue weighted by Gasteiger charge is -2.33. The van der Waals surface area contributed by atoms with Gasteiger partial charge in [-0.1, -0.05) is 60.2 Å². The first kappa shape index (κ1) is 14.6. The second-order valence-electron chi connectivity index (χ2n) is 7.81. The molecule has 7 rings (SSSR count). The number of ether oxygens (including phenoxy) is 1. The van der Waals surface area contributed by atoms with Gasteiger partial charge >= 0.3 is 0 Å². The van der Waals surface area contributed by atoms with Gasteiger partial charge in [0.2, 0.25) is 0 Å². The molecular weight excluding hydrogens is 341 g/mol. The third-order valence-electron chi connectivity index (χ3n) is 6.41. The van der Waals surface area contributed by atoms with Crippen molar-refractivity contribution in [2.24, 2.45) is 0 Å². The van der Waals surface area contributed by atoms with E-state index in [2.05, 4.69) is 90.4 Å². The standard InChI is InChI=1S/C25H16BNO/c1-15-13-14-17-16-7-2-4-9-19(16)27-20-10-6-12-22-24(20)26(23(15)25(17)27)18-8-3-5-11-21(18)28-22/h2-14H,1H3. The number of rotatable bonds is 0. The maximum Gasteiger partial charge on any atom is 0.256 e. The van der Waals surface area contributed by atoms with E-state index in [0.29, 0.717) is 0 Å². The van der Waals surface area contributed by atoms with Crippen LogP contribution in [0, 0.1) is 6.92 Å². The molecule has 0 atom stereocenters. The molecule has 1 aromatic heterocycles. The predicted molar refractivity (Wildman–Crippen MR) is 117 cm³/mol. The van der Waals surface area contributed by atoms with Gasteiger partial charge in [0.05, 0.1) is 5.52 Å². The second-order valence-corrected chi connectivity index (χ2v) is 7.81. The normalized spacial score (nSPS) is 13.4. The number of aromatic nitrogens is 1. The van der Waals surface area contributed by atoms with Gasteiger partial charge in [0, 0.05) is 22.0 Å². The Morgan fingerprint density at radius 1 is 0.714 bits per heavy atom. The van der Waals surface area contributed by atoms with Gasteiger partial charge in [0.1, 0.15) is 11.5 Å². The molecule has 5 aromatic rings. The van der Waals surface area contributed by atoms with Crippen molar-refractivity contribution in [3.05, 3.63) is 84.4 Å². The van der Waals surface area contributed by atoms with Crippen LogP contribution in [0.25, 0.3) is 27.5 Å². The average molecular weight is 357 g/mol. The van der Waals surface area contributed by atoms with E-state index in [0.717, 1.165) is 11.5 Å². The minimum absolute atomic E-state index is 0.205. The van der Waals surface area contributed by atoms with E-state index in [9.17, 15) is 0 Å². The molecule has 2 nitrogen and oxygen atoms in total. The van der Waals surface area contributed by atoms with Crippen LogP contribution in [0.4, 0.5) is 0 Å². The molecule has 0 fully saturated rings. The maximum absolute atomic E-state index is 6.35. The Kier molecular flexibility index (Phi) is 2.54. The molecule has 130 valence electrons. The minimum atomic E-state index is 0.205. The first-order valence-electron chi connectivity index (χ1n) is 9.75. The van der Waals surface area contributed by atoms with E-state index in [1.165, 1.54) is 49.4 Å². The van der Waals surface area contributed by atoms with Crippen LogP contribution in [0.2, 0.25) is 0 Å². The van der Waals surface area contributed by atoms with Crippen LogP contribution in [0.3, 0.4) is 0 Å². The molecule has 0 bridgehead atoms. The summed E-state index contributed by atoms with van der Waals surface area (Å²) >= 11 is 0. The average Bonchev–Trinajstić information content (AvgIpc) is 3.07. The molecule has 0 spiro atoms. The van der Waals surface area contributed by atoms with Crippen LogP contribution in [0.15, 0.2) is 78.9 Å². The number of aryl methyl sites for hydroxylation is 1. The van der Waals surface area contributed by atoms with Crippen LogP contribution < -0.4 is 21.1 Å². The van der Waals surface area contributed by atoms with Crippen LogP contribution in [0.1, 0.15) is 5.56 Å². The zero-order valence-electron chi connectivity index (χ0n) is 15.4. The van der Waals surface area contributed by atoms with Gasteiger partial charge in [-0.05, 0) is 47.6 Å². The molecule has 2 aliphatic heterocycles. The van der Waals surface area contributed by atoms with E-state index in [4.69, 9.17) is 4.74 Å². The Bertz CT molecular complexity index is 1460. The van der Waals surface area contributed by atoms with E-state index in [1.54, 1.807) is 0 Å². The summed E-state index contributed by atoms with van der Waals surface area (Å²) in [6, 6.07) is 28.2. The van der Waals surface area contributed by atoms with Gasteiger partial charge in [0.25, 0.3) is 6.71 Å². The summed E-state index contributed by atoms with van der Waals surface area (Å²) in [5.41, 5.74) is 9.12. The van der Waals surface area contributed by atoms with Crippen LogP contribution >= 0.6 is 0 Å². The molecule has 0 saturated carbocycles. The van der Waals surface area contributed by atoms with Gasteiger partial charge in [0.15, 0.2) is 0 Å². The van der Waals surface area contributed by atoms with Crippen molar-refractivity contribution >= 4 is 44.9 Å². The number of nitrogens with zero attached hydrogens (tertiary/aromatic N) is 1. The van der Waals surface area contributed by atoms with Gasteiger partial charge < -0.3 is 9.30 Å². The smallest absolute Gasteiger partial charge is 0.256 e. The highest BCUT2D eigenvalue weighted by atomic mass is 16.5. The van der Waals surface area contributed by atoms with E-state index < -0.39 is 0 Å². The quantitative estimate of drug-likeness (QED) is 0.374. The number of hydrogen-bond donors (Lipinski definition) is 0. The van der Waals surface area contributed by atoms with E-state index in [-0.39, 0.29) is 6.71 Å². The number of para-hydroxylation sites is 2. The lowest BCUT2D eigenvalue weighted by atomic mass is 9.34. The Morgan fingerprint density at radius 2 is 1.54 bits per heavy atom. The highest BCUT2D eigenvalue weighted by molar-refractivity contribution is 6.99. The molecule has 3 heterocycles. The SMILES string of the molecule is Cc1ccc2c3ccccc3n3c2c1B1c2ccccc2Oc2cccc-3c21. The van der Waals surface area contributed by atoms with Crippen molar-refractivity contribution in [1.82, 2.24) is 4.57 Å². The molecule has 3 heteroatoms. The number of benzene rings is 4. The molecule has 0 unspecified atom stereocenters. The van der Waals surface area contributed by atoms with Gasteiger partial charge in [-0.2, -0.15) is 0 Å². The summed E-state index contributed by atoms with van der Waals surface area (Å²) in [6.07, 6.45) is 0. The molecule has 0 radical (unpaired) electrons. The molecule has 0 amide bonds. The molecule has 4 aromatic carbocycles. The number of fused-ring (bicyclic) bond motifs is 7. The zero-order chi connectivity index (χ0) is 18.4. The predicted octanol–water partition coefficient (Wildman–Crippen LogP) is 4.03. The van der Waals surface area contributed by atoms with Gasteiger partial charge in [-0.15, -0.1) is 0 Å². The fourth-order valence-electron chi connectivity index (χ4n) is 5.29. The zero-order valence-corrected chi connectivity index (χ0v) is 15.4. The third kappa shape index (κ3) is 1.57. The van der Waals surface area contributed by atoms with Crippen molar-refractivity contribution in [2.45, 2.75) is 6.92 Å². The Labute approximate surface area is 163 Å². The Balaban J connectivity index is 1.78. The molecule has 2 aliphatic rings. The molecular formula is C25H16BNO. The largest absolute Gasteiger partial charge is 0.458 e. The van der Waals surface area contributed by atoms with Crippen LogP contribution in [-0.4, -0.2) is 11.3 Å². The van der Waals surface area contributed by atoms with Crippen LogP contribution in [-0.2, 0) is 0 Å². The van der Waals surface area contributed by atoms with Crippen LogP contribution in [0.5, 0.6) is 11.5 Å². The first-order valence-corrected chi connectivity index (χ1v) is 9.75. The van der Waals surface area contributed by atoms with E-state index >= 15 is 0 Å². The molecule has 28 heavy (non-hydrogen) atoms. The fraction of sp³-hybridized carbons (Fsp3) is 0.0400. The first-order chi connectivity index (χ1) is 13.8. The highest BCUT2D eigenvalue weighted by Gasteiger charge is 2.40. The summed E-state index contributed by atoms with van der Waals surface area (Å²) in [4.78, 5) is 0. The lowest BCUT2D eigenvalue weighted by Crippen LogP contribution is -2.59. The molecule has 0 saturated heterocycles. The molecule has 0 aliphatic carbocycles. The van der Waals surface area contributed by atoms with E-state index in [1.807, 2.05) is 0 Å². The summed E-state index contributed by atoms with van der Waals surface area (Å²) in [5, 5.41) is 2.64. The van der Waals surface area contributed by atoms with Gasteiger partial charge in [-0.25, -0.2) is 0 Å². The van der Waals surface area contributed by atoms with Crippen molar-refractivity contribution in [1.29, 1.82) is 0 Å². The maximum atomic E-state index is 6.35. The van der Waals surface area contributed by atoms with Crippen molar-refractivity contribution in [2.75, 3.05) is 0 Å². The summed E-state index contributed by atoms with van der Waals surface area (Å²) in [7, 11) is 0.